The number of ether oxygens (including phenoxy) is 2. The molecule has 0 unspecified atom stereocenters. The molecule has 0 bridgehead atoms. The molecule has 2 N–H and O–H groups in total. The predicted molar refractivity (Wildman–Crippen MR) is 128 cm³/mol. The Morgan fingerprint density at radius 1 is 1.18 bits per heavy atom. The van der Waals surface area contributed by atoms with Crippen LogP contribution in [0.3, 0.4) is 0 Å². The number of hydrogen-bond donors (Lipinski definition) is 2. The highest BCUT2D eigenvalue weighted by molar-refractivity contribution is 7.90. The zero-order valence-corrected chi connectivity index (χ0v) is 20.5. The fraction of sp³-hybridized carbons (Fsp3) is 0.364. The first kappa shape index (κ1) is 25.1. The van der Waals surface area contributed by atoms with Gasteiger partial charge in [0.05, 0.1) is 18.0 Å². The summed E-state index contributed by atoms with van der Waals surface area (Å²) in [6.45, 7) is 5.99. The van der Waals surface area contributed by atoms with E-state index in [9.17, 15) is 13.2 Å². The van der Waals surface area contributed by atoms with Gasteiger partial charge in [0.1, 0.15) is 24.0 Å². The van der Waals surface area contributed by atoms with E-state index in [0.29, 0.717) is 35.1 Å². The van der Waals surface area contributed by atoms with Crippen LogP contribution < -0.4 is 15.4 Å². The van der Waals surface area contributed by atoms with Crippen molar-refractivity contribution in [3.63, 3.8) is 0 Å². The molecule has 3 aromatic rings. The van der Waals surface area contributed by atoms with Gasteiger partial charge in [-0.1, -0.05) is 0 Å². The molecule has 1 amide bonds. The number of aromatic nitrogens is 4. The fourth-order valence-electron chi connectivity index (χ4n) is 2.98. The van der Waals surface area contributed by atoms with E-state index in [0.717, 1.165) is 6.26 Å². The van der Waals surface area contributed by atoms with Gasteiger partial charge in [0, 0.05) is 62.5 Å². The molecule has 0 radical (unpaired) electrons. The van der Waals surface area contributed by atoms with Crippen molar-refractivity contribution >= 4 is 33.1 Å². The Morgan fingerprint density at radius 3 is 2.56 bits per heavy atom. The van der Waals surface area contributed by atoms with Gasteiger partial charge in [-0.05, 0) is 19.9 Å². The number of carbonyl (C=O) groups excluding carboxylic acids is 1. The van der Waals surface area contributed by atoms with E-state index >= 15 is 0 Å². The number of nitrogens with zero attached hydrogens (tertiary/aromatic N) is 4. The molecule has 3 heterocycles. The van der Waals surface area contributed by atoms with Crippen LogP contribution in [0, 0.1) is 0 Å². The second-order valence-electron chi connectivity index (χ2n) is 7.84. The van der Waals surface area contributed by atoms with Crippen molar-refractivity contribution in [3.05, 3.63) is 36.7 Å². The number of carbonyl (C=O) groups is 1. The molecule has 34 heavy (non-hydrogen) atoms. The molecular formula is C22H28N6O5S. The Labute approximate surface area is 198 Å². The quantitative estimate of drug-likeness (QED) is 0.412. The van der Waals surface area contributed by atoms with Gasteiger partial charge in [-0.3, -0.25) is 9.48 Å². The highest BCUT2D eigenvalue weighted by Crippen LogP contribution is 2.32. The lowest BCUT2D eigenvalue weighted by molar-refractivity contribution is -0.114. The fourth-order valence-corrected chi connectivity index (χ4v) is 3.57. The van der Waals surface area contributed by atoms with Gasteiger partial charge in [0.2, 0.25) is 5.91 Å². The smallest absolute Gasteiger partial charge is 0.222 e. The van der Waals surface area contributed by atoms with E-state index in [1.165, 1.54) is 13.0 Å². The average molecular weight is 489 g/mol. The Hall–Kier alpha value is -3.51. The number of rotatable bonds is 10. The maximum absolute atomic E-state index is 12.2. The Kier molecular flexibility index (Phi) is 7.84. The number of amides is 1. The van der Waals surface area contributed by atoms with Crippen molar-refractivity contribution in [2.45, 2.75) is 31.8 Å². The second-order valence-corrected chi connectivity index (χ2v) is 9.80. The van der Waals surface area contributed by atoms with Crippen molar-refractivity contribution < 1.29 is 22.7 Å². The lowest BCUT2D eigenvalue weighted by atomic mass is 10.1. The van der Waals surface area contributed by atoms with Gasteiger partial charge in [0.25, 0.3) is 0 Å². The van der Waals surface area contributed by atoms with Crippen LogP contribution in [0.15, 0.2) is 41.7 Å². The van der Waals surface area contributed by atoms with Crippen molar-refractivity contribution in [1.29, 1.82) is 0 Å². The Morgan fingerprint density at radius 2 is 1.94 bits per heavy atom. The maximum atomic E-state index is 12.2. The summed E-state index contributed by atoms with van der Waals surface area (Å²) in [5, 5.41) is 10.2. The van der Waals surface area contributed by atoms with Crippen molar-refractivity contribution in [1.82, 2.24) is 19.7 Å². The third-order valence-corrected chi connectivity index (χ3v) is 5.56. The molecule has 0 spiro atoms. The first-order valence-corrected chi connectivity index (χ1v) is 12.4. The van der Waals surface area contributed by atoms with E-state index in [4.69, 9.17) is 9.47 Å². The lowest BCUT2D eigenvalue weighted by Gasteiger charge is -2.14. The largest absolute Gasteiger partial charge is 0.491 e. The van der Waals surface area contributed by atoms with Crippen LogP contribution in [0.25, 0.3) is 11.3 Å². The summed E-state index contributed by atoms with van der Waals surface area (Å²) in [4.78, 5) is 20.1. The first-order chi connectivity index (χ1) is 16.1. The third kappa shape index (κ3) is 6.51. The van der Waals surface area contributed by atoms with Gasteiger partial charge >= 0.3 is 0 Å². The number of hydrogen-bond acceptors (Lipinski definition) is 9. The van der Waals surface area contributed by atoms with E-state index in [2.05, 4.69) is 25.7 Å². The molecule has 0 fully saturated rings. The third-order valence-electron chi connectivity index (χ3n) is 4.60. The van der Waals surface area contributed by atoms with Crippen LogP contribution in [0.2, 0.25) is 0 Å². The summed E-state index contributed by atoms with van der Waals surface area (Å²) >= 11 is 0. The normalized spacial score (nSPS) is 11.5. The zero-order chi connectivity index (χ0) is 24.9. The molecule has 0 aromatic carbocycles. The summed E-state index contributed by atoms with van der Waals surface area (Å²) in [6.07, 6.45) is 4.51. The van der Waals surface area contributed by atoms with Crippen LogP contribution in [0.4, 0.5) is 17.3 Å². The molecule has 0 aliphatic rings. The van der Waals surface area contributed by atoms with Crippen LogP contribution in [0.1, 0.15) is 26.8 Å². The van der Waals surface area contributed by atoms with Crippen LogP contribution in [-0.2, 0) is 19.4 Å². The summed E-state index contributed by atoms with van der Waals surface area (Å²) in [5.41, 5.74) is 1.81. The highest BCUT2D eigenvalue weighted by atomic mass is 32.2. The molecule has 0 aliphatic heterocycles. The SMILES string of the molecule is COCCOc1cc(Nc2cc(NC(C)=O)ncc2-c2ccn(C(C)C)n2)nc(S(C)(=O)=O)c1. The number of anilines is 3. The van der Waals surface area contributed by atoms with E-state index in [1.54, 1.807) is 25.4 Å². The minimum Gasteiger partial charge on any atom is -0.491 e. The summed E-state index contributed by atoms with van der Waals surface area (Å²) in [6, 6.07) is 6.58. The van der Waals surface area contributed by atoms with Crippen LogP contribution in [-0.4, -0.2) is 60.7 Å². The number of nitrogens with one attached hydrogen (secondary N) is 2. The number of pyridine rings is 2. The highest BCUT2D eigenvalue weighted by Gasteiger charge is 2.17. The van der Waals surface area contributed by atoms with Gasteiger partial charge in [-0.25, -0.2) is 18.4 Å². The molecule has 3 aromatic heterocycles. The van der Waals surface area contributed by atoms with E-state index in [-0.39, 0.29) is 29.4 Å². The monoisotopic (exact) mass is 488 g/mol. The standard InChI is InChI=1S/C22H28N6O5S/c1-14(2)28-7-6-18(27-28)17-13-23-20(24-15(3)29)12-19(17)25-21-10-16(33-9-8-32-4)11-22(26-21)34(5,30)31/h6-7,10-14H,8-9H2,1-5H3,(H2,23,24,25,26,29). The van der Waals surface area contributed by atoms with Crippen LogP contribution >= 0.6 is 0 Å². The predicted octanol–water partition coefficient (Wildman–Crippen LogP) is 3.05. The van der Waals surface area contributed by atoms with E-state index in [1.807, 2.05) is 30.8 Å². The summed E-state index contributed by atoms with van der Waals surface area (Å²) < 4.78 is 36.8. The molecular weight excluding hydrogens is 460 g/mol. The molecule has 182 valence electrons. The summed E-state index contributed by atoms with van der Waals surface area (Å²) in [5.74, 6) is 0.593. The van der Waals surface area contributed by atoms with Crippen molar-refractivity contribution in [3.8, 4) is 17.0 Å². The summed E-state index contributed by atoms with van der Waals surface area (Å²) in [7, 11) is -2.07. The number of sulfone groups is 1. The lowest BCUT2D eigenvalue weighted by Crippen LogP contribution is -2.10. The molecule has 0 atom stereocenters. The molecule has 0 saturated heterocycles. The molecule has 0 aliphatic carbocycles. The zero-order valence-electron chi connectivity index (χ0n) is 19.7. The van der Waals surface area contributed by atoms with Gasteiger partial charge in [0.15, 0.2) is 14.9 Å². The van der Waals surface area contributed by atoms with Crippen molar-refractivity contribution in [2.75, 3.05) is 37.2 Å². The minimum atomic E-state index is -3.61. The molecule has 0 saturated carbocycles. The molecule has 3 rings (SSSR count). The van der Waals surface area contributed by atoms with E-state index < -0.39 is 9.84 Å². The van der Waals surface area contributed by atoms with Crippen molar-refractivity contribution in [2.24, 2.45) is 0 Å². The Balaban J connectivity index is 2.06. The first-order valence-electron chi connectivity index (χ1n) is 10.5. The van der Waals surface area contributed by atoms with Gasteiger partial charge < -0.3 is 20.1 Å². The second kappa shape index (κ2) is 10.6. The molecule has 11 nitrogen and oxygen atoms in total. The molecule has 12 heteroatoms. The Bertz CT molecular complexity index is 1270. The average Bonchev–Trinajstić information content (AvgIpc) is 3.23. The van der Waals surface area contributed by atoms with Gasteiger partial charge in [-0.2, -0.15) is 5.10 Å². The maximum Gasteiger partial charge on any atom is 0.222 e. The minimum absolute atomic E-state index is 0.147. The van der Waals surface area contributed by atoms with Gasteiger partial charge in [-0.15, -0.1) is 0 Å². The topological polar surface area (TPSA) is 137 Å². The number of methoxy groups -OCH3 is 1. The van der Waals surface area contributed by atoms with Crippen LogP contribution in [0.5, 0.6) is 5.75 Å².